The zero-order valence-corrected chi connectivity index (χ0v) is 14.1. The number of nitrogens with one attached hydrogen (secondary N) is 1. The van der Waals surface area contributed by atoms with Gasteiger partial charge in [-0.15, -0.1) is 10.2 Å². The van der Waals surface area contributed by atoms with E-state index in [0.717, 1.165) is 27.6 Å². The Kier molecular flexibility index (Phi) is 4.07. The molecule has 1 aliphatic rings. The molecule has 2 heterocycles. The number of nitrogens with two attached hydrogens (primary N) is 1. The van der Waals surface area contributed by atoms with Crippen LogP contribution in [0.2, 0.25) is 0 Å². The third kappa shape index (κ3) is 3.06. The number of aromatic nitrogens is 2. The maximum atomic E-state index is 12.9. The lowest BCUT2D eigenvalue weighted by molar-refractivity contribution is -0.121. The Labute approximate surface area is 148 Å². The Morgan fingerprint density at radius 3 is 2.32 bits per heavy atom. The monoisotopic (exact) mass is 352 g/mol. The second-order valence-electron chi connectivity index (χ2n) is 5.69. The minimum atomic E-state index is -0.388. The number of ether oxygens (including phenoxy) is 1. The Morgan fingerprint density at radius 2 is 1.72 bits per heavy atom. The lowest BCUT2D eigenvalue weighted by Crippen LogP contribution is -2.33. The zero-order valence-electron chi connectivity index (χ0n) is 13.3. The summed E-state index contributed by atoms with van der Waals surface area (Å²) in [5.74, 6) is 0.998. The van der Waals surface area contributed by atoms with Gasteiger partial charge in [-0.2, -0.15) is 0 Å². The quantitative estimate of drug-likeness (QED) is 0.753. The van der Waals surface area contributed by atoms with Gasteiger partial charge in [0.05, 0.1) is 5.92 Å². The summed E-state index contributed by atoms with van der Waals surface area (Å²) in [6, 6.07) is 15.3. The highest BCUT2D eigenvalue weighted by Gasteiger charge is 2.32. The molecule has 25 heavy (non-hydrogen) atoms. The molecule has 6 nitrogen and oxygen atoms in total. The molecule has 0 atom stereocenters. The van der Waals surface area contributed by atoms with E-state index >= 15 is 0 Å². The molecule has 0 saturated heterocycles. The summed E-state index contributed by atoms with van der Waals surface area (Å²) >= 11 is 1.34. The number of carbonyl (C=O) groups is 1. The molecule has 3 N–H and O–H groups in total. The third-order valence-corrected chi connectivity index (χ3v) is 4.87. The molecule has 0 bridgehead atoms. The normalized spacial score (nSPS) is 12.8. The van der Waals surface area contributed by atoms with Crippen molar-refractivity contribution in [1.29, 1.82) is 0 Å². The first kappa shape index (κ1) is 15.6. The lowest BCUT2D eigenvalue weighted by atomic mass is 9.87. The predicted molar refractivity (Wildman–Crippen MR) is 95.8 cm³/mol. The van der Waals surface area contributed by atoms with Gasteiger partial charge in [-0.1, -0.05) is 47.7 Å². The van der Waals surface area contributed by atoms with Crippen LogP contribution in [0.5, 0.6) is 11.5 Å². The standard InChI is InChI=1S/C18H16N4O2S/c19-18-22-21-15(25-18)9-10-20-17(23)16-11-5-1-3-7-13(11)24-14-8-4-2-6-12(14)16/h1-8,16H,9-10H2,(H2,19,22)(H,20,23). The molecule has 1 aromatic heterocycles. The van der Waals surface area contributed by atoms with Crippen molar-refractivity contribution >= 4 is 22.4 Å². The molecule has 7 heteroatoms. The molecular weight excluding hydrogens is 336 g/mol. The Bertz CT molecular complexity index is 879. The predicted octanol–water partition coefficient (Wildman–Crippen LogP) is 2.72. The first-order valence-electron chi connectivity index (χ1n) is 7.93. The smallest absolute Gasteiger partial charge is 0.232 e. The van der Waals surface area contributed by atoms with Gasteiger partial charge in [0.25, 0.3) is 0 Å². The Morgan fingerprint density at radius 1 is 1.08 bits per heavy atom. The first-order valence-corrected chi connectivity index (χ1v) is 8.75. The molecule has 2 aromatic carbocycles. The number of anilines is 1. The van der Waals surface area contributed by atoms with E-state index in [-0.39, 0.29) is 11.8 Å². The van der Waals surface area contributed by atoms with Crippen LogP contribution in [0.4, 0.5) is 5.13 Å². The SMILES string of the molecule is Nc1nnc(CCNC(=O)C2c3ccccc3Oc3ccccc32)s1. The molecule has 0 spiro atoms. The van der Waals surface area contributed by atoms with E-state index in [0.29, 0.717) is 18.1 Å². The van der Waals surface area contributed by atoms with Crippen LogP contribution < -0.4 is 15.8 Å². The molecular formula is C18H16N4O2S. The van der Waals surface area contributed by atoms with Crippen LogP contribution >= 0.6 is 11.3 Å². The van der Waals surface area contributed by atoms with Crippen molar-refractivity contribution in [1.82, 2.24) is 15.5 Å². The molecule has 0 aliphatic carbocycles. The van der Waals surface area contributed by atoms with Gasteiger partial charge in [0, 0.05) is 24.1 Å². The Balaban J connectivity index is 1.55. The summed E-state index contributed by atoms with van der Waals surface area (Å²) in [7, 11) is 0. The number of hydrogen-bond donors (Lipinski definition) is 2. The molecule has 4 rings (SSSR count). The number of amides is 1. The molecule has 126 valence electrons. The van der Waals surface area contributed by atoms with Gasteiger partial charge in [-0.05, 0) is 12.1 Å². The minimum Gasteiger partial charge on any atom is -0.457 e. The largest absolute Gasteiger partial charge is 0.457 e. The van der Waals surface area contributed by atoms with Crippen molar-refractivity contribution < 1.29 is 9.53 Å². The summed E-state index contributed by atoms with van der Waals surface area (Å²) in [6.45, 7) is 0.481. The average Bonchev–Trinajstić information content (AvgIpc) is 3.04. The molecule has 0 fully saturated rings. The van der Waals surface area contributed by atoms with E-state index in [2.05, 4.69) is 15.5 Å². The van der Waals surface area contributed by atoms with Crippen LogP contribution in [0.15, 0.2) is 48.5 Å². The van der Waals surface area contributed by atoms with Gasteiger partial charge in [0.1, 0.15) is 16.5 Å². The van der Waals surface area contributed by atoms with Crippen molar-refractivity contribution in [3.05, 3.63) is 64.7 Å². The molecule has 1 aliphatic heterocycles. The summed E-state index contributed by atoms with van der Waals surface area (Å²) in [4.78, 5) is 12.9. The topological polar surface area (TPSA) is 90.1 Å². The molecule has 0 radical (unpaired) electrons. The van der Waals surface area contributed by atoms with Crippen LogP contribution in [0.3, 0.4) is 0 Å². The highest BCUT2D eigenvalue weighted by molar-refractivity contribution is 7.15. The van der Waals surface area contributed by atoms with Crippen LogP contribution in [0.1, 0.15) is 22.1 Å². The van der Waals surface area contributed by atoms with Crippen LogP contribution in [-0.4, -0.2) is 22.6 Å². The van der Waals surface area contributed by atoms with Gasteiger partial charge < -0.3 is 15.8 Å². The minimum absolute atomic E-state index is 0.0549. The summed E-state index contributed by atoms with van der Waals surface area (Å²) in [5.41, 5.74) is 7.32. The second kappa shape index (κ2) is 6.52. The lowest BCUT2D eigenvalue weighted by Gasteiger charge is -2.27. The Hall–Kier alpha value is -2.93. The number of fused-ring (bicyclic) bond motifs is 2. The first-order chi connectivity index (χ1) is 12.2. The van der Waals surface area contributed by atoms with E-state index in [9.17, 15) is 4.79 Å². The maximum Gasteiger partial charge on any atom is 0.232 e. The van der Waals surface area contributed by atoms with Crippen molar-refractivity contribution in [3.8, 4) is 11.5 Å². The van der Waals surface area contributed by atoms with Crippen LogP contribution in [0, 0.1) is 0 Å². The highest BCUT2D eigenvalue weighted by atomic mass is 32.1. The number of benzene rings is 2. The van der Waals surface area contributed by atoms with Crippen molar-refractivity contribution in [2.45, 2.75) is 12.3 Å². The molecule has 0 unspecified atom stereocenters. The van der Waals surface area contributed by atoms with E-state index < -0.39 is 0 Å². The highest BCUT2D eigenvalue weighted by Crippen LogP contribution is 2.43. The zero-order chi connectivity index (χ0) is 17.2. The number of nitrogens with zero attached hydrogens (tertiary/aromatic N) is 2. The maximum absolute atomic E-state index is 12.9. The number of para-hydroxylation sites is 2. The molecule has 0 saturated carbocycles. The van der Waals surface area contributed by atoms with Crippen LogP contribution in [-0.2, 0) is 11.2 Å². The van der Waals surface area contributed by atoms with Gasteiger partial charge in [-0.25, -0.2) is 0 Å². The summed E-state index contributed by atoms with van der Waals surface area (Å²) in [5, 5.41) is 12.0. The van der Waals surface area contributed by atoms with E-state index in [1.807, 2.05) is 48.5 Å². The van der Waals surface area contributed by atoms with E-state index in [1.54, 1.807) is 0 Å². The van der Waals surface area contributed by atoms with Gasteiger partial charge in [0.15, 0.2) is 0 Å². The fourth-order valence-corrected chi connectivity index (χ4v) is 3.56. The van der Waals surface area contributed by atoms with E-state index in [4.69, 9.17) is 10.5 Å². The fourth-order valence-electron chi connectivity index (χ4n) is 2.95. The van der Waals surface area contributed by atoms with Gasteiger partial charge in [0.2, 0.25) is 11.0 Å². The number of nitrogen functional groups attached to an aromatic ring is 1. The number of hydrogen-bond acceptors (Lipinski definition) is 6. The van der Waals surface area contributed by atoms with Crippen molar-refractivity contribution in [2.75, 3.05) is 12.3 Å². The molecule has 3 aromatic rings. The molecule has 1 amide bonds. The average molecular weight is 352 g/mol. The second-order valence-corrected chi connectivity index (χ2v) is 6.78. The van der Waals surface area contributed by atoms with Gasteiger partial charge >= 0.3 is 0 Å². The summed E-state index contributed by atoms with van der Waals surface area (Å²) in [6.07, 6.45) is 0.604. The van der Waals surface area contributed by atoms with Crippen molar-refractivity contribution in [3.63, 3.8) is 0 Å². The van der Waals surface area contributed by atoms with E-state index in [1.165, 1.54) is 11.3 Å². The number of carbonyl (C=O) groups excluding carboxylic acids is 1. The third-order valence-electron chi connectivity index (χ3n) is 4.06. The number of rotatable bonds is 4. The van der Waals surface area contributed by atoms with Crippen LogP contribution in [0.25, 0.3) is 0 Å². The summed E-state index contributed by atoms with van der Waals surface area (Å²) < 4.78 is 5.92. The fraction of sp³-hybridized carbons (Fsp3) is 0.167. The van der Waals surface area contributed by atoms with Gasteiger partial charge in [-0.3, -0.25) is 4.79 Å². The van der Waals surface area contributed by atoms with Crippen molar-refractivity contribution in [2.24, 2.45) is 0 Å².